The predicted octanol–water partition coefficient (Wildman–Crippen LogP) is 3.96. The number of halogens is 2. The van der Waals surface area contributed by atoms with Gasteiger partial charge in [0.05, 0.1) is 17.5 Å². The lowest BCUT2D eigenvalue weighted by Gasteiger charge is -2.26. The molecule has 6 heteroatoms. The average Bonchev–Trinajstić information content (AvgIpc) is 2.82. The van der Waals surface area contributed by atoms with E-state index in [1.165, 1.54) is 5.56 Å². The topological polar surface area (TPSA) is 50.1 Å². The lowest BCUT2D eigenvalue weighted by molar-refractivity contribution is 0.116. The van der Waals surface area contributed by atoms with Crippen molar-refractivity contribution in [2.24, 2.45) is 0 Å². The molecular weight excluding hydrogens is 345 g/mol. The van der Waals surface area contributed by atoms with E-state index in [1.54, 1.807) is 0 Å². The Bertz CT molecular complexity index is 662. The molecule has 3 rings (SSSR count). The molecule has 0 spiro atoms. The first-order valence-corrected chi connectivity index (χ1v) is 8.65. The number of benzene rings is 1. The van der Waals surface area contributed by atoms with Crippen LogP contribution in [0.15, 0.2) is 24.3 Å². The first kappa shape index (κ1) is 19.3. The van der Waals surface area contributed by atoms with Crippen molar-refractivity contribution >= 4 is 24.0 Å². The van der Waals surface area contributed by atoms with E-state index in [9.17, 15) is 5.11 Å². The summed E-state index contributed by atoms with van der Waals surface area (Å²) in [7, 11) is 0. The highest BCUT2D eigenvalue weighted by Gasteiger charge is 2.20. The monoisotopic (exact) mass is 369 g/mol. The second-order valence-corrected chi connectivity index (χ2v) is 6.86. The van der Waals surface area contributed by atoms with Crippen molar-refractivity contribution in [2.45, 2.75) is 58.2 Å². The van der Waals surface area contributed by atoms with Crippen molar-refractivity contribution in [1.82, 2.24) is 15.1 Å². The molecule has 1 aliphatic rings. The maximum Gasteiger partial charge on any atom is 0.0649 e. The zero-order valence-electron chi connectivity index (χ0n) is 14.1. The lowest BCUT2D eigenvalue weighted by atomic mass is 9.93. The van der Waals surface area contributed by atoms with Crippen LogP contribution in [0.3, 0.4) is 0 Å². The van der Waals surface area contributed by atoms with Crippen molar-refractivity contribution in [3.63, 3.8) is 0 Å². The Hall–Kier alpha value is -1.07. The molecule has 24 heavy (non-hydrogen) atoms. The molecule has 0 amide bonds. The molecule has 0 atom stereocenters. The number of rotatable bonds is 4. The molecule has 132 valence electrons. The summed E-state index contributed by atoms with van der Waals surface area (Å²) < 4.78 is 1.98. The first-order valence-electron chi connectivity index (χ1n) is 8.27. The number of hydrogen-bond donors (Lipinski definition) is 2. The minimum absolute atomic E-state index is 0. The maximum atomic E-state index is 9.60. The van der Waals surface area contributed by atoms with Gasteiger partial charge in [0.25, 0.3) is 0 Å². The summed E-state index contributed by atoms with van der Waals surface area (Å²) in [4.78, 5) is 0. The molecule has 1 fully saturated rings. The molecule has 1 aromatic carbocycles. The maximum absolute atomic E-state index is 9.60. The fourth-order valence-corrected chi connectivity index (χ4v) is 3.42. The van der Waals surface area contributed by atoms with Gasteiger partial charge in [0.2, 0.25) is 0 Å². The van der Waals surface area contributed by atoms with Crippen molar-refractivity contribution < 1.29 is 5.11 Å². The number of aliphatic hydroxyl groups is 1. The molecule has 4 nitrogen and oxygen atoms in total. The number of aromatic nitrogens is 2. The van der Waals surface area contributed by atoms with Gasteiger partial charge < -0.3 is 10.4 Å². The number of nitrogens with zero attached hydrogens (tertiary/aromatic N) is 2. The van der Waals surface area contributed by atoms with Gasteiger partial charge in [-0.2, -0.15) is 5.10 Å². The van der Waals surface area contributed by atoms with Crippen LogP contribution < -0.4 is 5.32 Å². The average molecular weight is 370 g/mol. The predicted molar refractivity (Wildman–Crippen MR) is 100 cm³/mol. The van der Waals surface area contributed by atoms with Crippen LogP contribution in [0, 0.1) is 13.8 Å². The van der Waals surface area contributed by atoms with Gasteiger partial charge in [-0.15, -0.1) is 12.4 Å². The summed E-state index contributed by atoms with van der Waals surface area (Å²) in [5.41, 5.74) is 4.50. The second-order valence-electron chi connectivity index (χ2n) is 6.42. The third-order valence-electron chi connectivity index (χ3n) is 4.78. The van der Waals surface area contributed by atoms with Crippen LogP contribution in [0.2, 0.25) is 5.02 Å². The molecule has 0 unspecified atom stereocenters. The smallest absolute Gasteiger partial charge is 0.0649 e. The van der Waals surface area contributed by atoms with E-state index in [1.807, 2.05) is 28.9 Å². The van der Waals surface area contributed by atoms with Crippen molar-refractivity contribution in [3.8, 4) is 5.69 Å². The number of nitrogens with one attached hydrogen (secondary N) is 1. The Balaban J connectivity index is 0.00000208. The highest BCUT2D eigenvalue weighted by atomic mass is 35.5. The van der Waals surface area contributed by atoms with Crippen LogP contribution in [-0.2, 0) is 6.54 Å². The molecule has 1 aromatic heterocycles. The largest absolute Gasteiger partial charge is 0.393 e. The van der Waals surface area contributed by atoms with Crippen LogP contribution in [-0.4, -0.2) is 27.0 Å². The number of aliphatic hydroxyl groups excluding tert-OH is 1. The van der Waals surface area contributed by atoms with Gasteiger partial charge in [-0.1, -0.05) is 11.6 Å². The molecule has 1 aliphatic carbocycles. The normalized spacial score (nSPS) is 20.7. The van der Waals surface area contributed by atoms with Gasteiger partial charge in [0, 0.05) is 28.9 Å². The van der Waals surface area contributed by atoms with Crippen LogP contribution in [0.25, 0.3) is 5.69 Å². The van der Waals surface area contributed by atoms with E-state index in [0.29, 0.717) is 6.04 Å². The summed E-state index contributed by atoms with van der Waals surface area (Å²) in [6.07, 6.45) is 3.79. The van der Waals surface area contributed by atoms with E-state index in [4.69, 9.17) is 11.6 Å². The summed E-state index contributed by atoms with van der Waals surface area (Å²) in [5, 5.41) is 18.6. The Kier molecular flexibility index (Phi) is 6.70. The van der Waals surface area contributed by atoms with Crippen LogP contribution in [0.5, 0.6) is 0 Å². The number of aryl methyl sites for hydroxylation is 1. The first-order chi connectivity index (χ1) is 11.0. The molecular formula is C18H25Cl2N3O. The highest BCUT2D eigenvalue weighted by molar-refractivity contribution is 6.30. The van der Waals surface area contributed by atoms with E-state index in [-0.39, 0.29) is 18.5 Å². The Morgan fingerprint density at radius 2 is 1.79 bits per heavy atom. The van der Waals surface area contributed by atoms with Gasteiger partial charge in [0.1, 0.15) is 0 Å². The van der Waals surface area contributed by atoms with E-state index < -0.39 is 0 Å². The Morgan fingerprint density at radius 3 is 2.42 bits per heavy atom. The standard InChI is InChI=1S/C18H24ClN3O.ClH/c1-12-18(11-20-15-5-9-17(23)10-6-15)13(2)22(21-12)16-7-3-14(19)4-8-16;/h3-4,7-8,15,17,20,23H,5-6,9-11H2,1-2H3;1H. The molecule has 0 aliphatic heterocycles. The summed E-state index contributed by atoms with van der Waals surface area (Å²) >= 11 is 5.96. The number of hydrogen-bond acceptors (Lipinski definition) is 3. The third kappa shape index (κ3) is 4.31. The summed E-state index contributed by atoms with van der Waals surface area (Å²) in [6, 6.07) is 8.25. The van der Waals surface area contributed by atoms with E-state index >= 15 is 0 Å². The minimum Gasteiger partial charge on any atom is -0.393 e. The van der Waals surface area contributed by atoms with Crippen LogP contribution >= 0.6 is 24.0 Å². The quantitative estimate of drug-likeness (QED) is 0.857. The van der Waals surface area contributed by atoms with Gasteiger partial charge in [-0.05, 0) is 63.8 Å². The molecule has 1 heterocycles. The molecule has 2 N–H and O–H groups in total. The van der Waals surface area contributed by atoms with Crippen LogP contribution in [0.1, 0.15) is 42.6 Å². The Morgan fingerprint density at radius 1 is 1.17 bits per heavy atom. The lowest BCUT2D eigenvalue weighted by Crippen LogP contribution is -2.34. The third-order valence-corrected chi connectivity index (χ3v) is 5.03. The fraction of sp³-hybridized carbons (Fsp3) is 0.500. The van der Waals surface area contributed by atoms with E-state index in [0.717, 1.165) is 54.3 Å². The van der Waals surface area contributed by atoms with E-state index in [2.05, 4.69) is 24.3 Å². The minimum atomic E-state index is -0.107. The molecule has 1 saturated carbocycles. The highest BCUT2D eigenvalue weighted by Crippen LogP contribution is 2.22. The summed E-state index contributed by atoms with van der Waals surface area (Å²) in [5.74, 6) is 0. The second kappa shape index (κ2) is 8.34. The molecule has 0 bridgehead atoms. The SMILES string of the molecule is Cc1nn(-c2ccc(Cl)cc2)c(C)c1CNC1CCC(O)CC1.Cl. The van der Waals surface area contributed by atoms with Gasteiger partial charge >= 0.3 is 0 Å². The summed E-state index contributed by atoms with van der Waals surface area (Å²) in [6.45, 7) is 4.99. The zero-order chi connectivity index (χ0) is 16.4. The van der Waals surface area contributed by atoms with Crippen molar-refractivity contribution in [3.05, 3.63) is 46.2 Å². The van der Waals surface area contributed by atoms with Gasteiger partial charge in [-0.3, -0.25) is 0 Å². The van der Waals surface area contributed by atoms with Gasteiger partial charge in [0.15, 0.2) is 0 Å². The van der Waals surface area contributed by atoms with Crippen molar-refractivity contribution in [2.75, 3.05) is 0 Å². The fourth-order valence-electron chi connectivity index (χ4n) is 3.29. The van der Waals surface area contributed by atoms with Gasteiger partial charge in [-0.25, -0.2) is 4.68 Å². The Labute approximate surface area is 154 Å². The molecule has 0 saturated heterocycles. The zero-order valence-corrected chi connectivity index (χ0v) is 15.7. The van der Waals surface area contributed by atoms with Crippen molar-refractivity contribution in [1.29, 1.82) is 0 Å². The van der Waals surface area contributed by atoms with Crippen LogP contribution in [0.4, 0.5) is 0 Å². The molecule has 2 aromatic rings. The molecule has 0 radical (unpaired) electrons.